The first-order chi connectivity index (χ1) is 7.63. The van der Waals surface area contributed by atoms with Gasteiger partial charge in [0.15, 0.2) is 17.3 Å². The van der Waals surface area contributed by atoms with Gasteiger partial charge in [0.2, 0.25) is 0 Å². The molecule has 1 aliphatic heterocycles. The molecule has 0 bridgehead atoms. The van der Waals surface area contributed by atoms with Gasteiger partial charge in [-0.2, -0.15) is 0 Å². The molecule has 1 aromatic carbocycles. The molecular formula is C12H14O4. The van der Waals surface area contributed by atoms with Crippen LogP contribution in [-0.2, 0) is 0 Å². The molecule has 0 amide bonds. The van der Waals surface area contributed by atoms with Crippen LogP contribution in [0.4, 0.5) is 0 Å². The number of aromatic hydroxyl groups is 2. The molecule has 0 radical (unpaired) electrons. The van der Waals surface area contributed by atoms with Crippen molar-refractivity contribution in [3.05, 3.63) is 17.7 Å². The summed E-state index contributed by atoms with van der Waals surface area (Å²) in [5.41, 5.74) is 0.104. The van der Waals surface area contributed by atoms with Crippen molar-refractivity contribution in [2.75, 3.05) is 0 Å². The van der Waals surface area contributed by atoms with Crippen LogP contribution in [0.25, 0.3) is 0 Å². The van der Waals surface area contributed by atoms with E-state index in [9.17, 15) is 15.0 Å². The van der Waals surface area contributed by atoms with Crippen LogP contribution in [0.1, 0.15) is 36.5 Å². The van der Waals surface area contributed by atoms with Gasteiger partial charge in [-0.25, -0.2) is 0 Å². The number of fused-ring (bicyclic) bond motifs is 1. The van der Waals surface area contributed by atoms with E-state index in [1.807, 2.05) is 6.92 Å². The zero-order valence-corrected chi connectivity index (χ0v) is 9.06. The van der Waals surface area contributed by atoms with Crippen molar-refractivity contribution in [2.24, 2.45) is 0 Å². The Kier molecular flexibility index (Phi) is 2.73. The van der Waals surface area contributed by atoms with E-state index in [1.165, 1.54) is 12.1 Å². The van der Waals surface area contributed by atoms with Crippen molar-refractivity contribution >= 4 is 5.78 Å². The van der Waals surface area contributed by atoms with E-state index in [-0.39, 0.29) is 41.1 Å². The van der Waals surface area contributed by atoms with Gasteiger partial charge in [0.25, 0.3) is 0 Å². The summed E-state index contributed by atoms with van der Waals surface area (Å²) in [6.07, 6.45) is 1.74. The molecule has 1 aromatic rings. The molecular weight excluding hydrogens is 208 g/mol. The van der Waals surface area contributed by atoms with Crippen molar-refractivity contribution in [1.29, 1.82) is 0 Å². The quantitative estimate of drug-likeness (QED) is 0.753. The van der Waals surface area contributed by atoms with Crippen molar-refractivity contribution in [2.45, 2.75) is 32.3 Å². The van der Waals surface area contributed by atoms with Gasteiger partial charge in [-0.05, 0) is 18.6 Å². The molecule has 4 heteroatoms. The second-order valence-electron chi connectivity index (χ2n) is 3.96. The summed E-state index contributed by atoms with van der Waals surface area (Å²) in [4.78, 5) is 11.8. The minimum atomic E-state index is -0.197. The second kappa shape index (κ2) is 4.04. The van der Waals surface area contributed by atoms with E-state index >= 15 is 0 Å². The summed E-state index contributed by atoms with van der Waals surface area (Å²) in [6, 6.07) is 2.63. The predicted molar refractivity (Wildman–Crippen MR) is 58.0 cm³/mol. The highest BCUT2D eigenvalue weighted by molar-refractivity contribution is 6.03. The Labute approximate surface area is 93.5 Å². The number of Topliss-reactive ketones (excluding diaryl/α,β-unsaturated/α-hetero) is 1. The molecule has 0 aliphatic carbocycles. The topological polar surface area (TPSA) is 66.8 Å². The third-order valence-electron chi connectivity index (χ3n) is 2.70. The number of hydrogen-bond donors (Lipinski definition) is 2. The Balaban J connectivity index is 2.42. The van der Waals surface area contributed by atoms with Gasteiger partial charge in [0.1, 0.15) is 17.4 Å². The Morgan fingerprint density at radius 2 is 2.06 bits per heavy atom. The van der Waals surface area contributed by atoms with Crippen molar-refractivity contribution < 1.29 is 19.7 Å². The highest BCUT2D eigenvalue weighted by Crippen LogP contribution is 2.41. The number of hydrogen-bond acceptors (Lipinski definition) is 4. The normalized spacial score (nSPS) is 19.1. The minimum Gasteiger partial charge on any atom is -0.507 e. The molecule has 1 heterocycles. The van der Waals surface area contributed by atoms with Crippen molar-refractivity contribution in [1.82, 2.24) is 0 Å². The van der Waals surface area contributed by atoms with Crippen molar-refractivity contribution in [3.8, 4) is 17.2 Å². The molecule has 16 heavy (non-hydrogen) atoms. The highest BCUT2D eigenvalue weighted by atomic mass is 16.5. The Bertz CT molecular complexity index is 425. The molecule has 1 atom stereocenters. The molecule has 0 unspecified atom stereocenters. The van der Waals surface area contributed by atoms with Crippen LogP contribution < -0.4 is 4.74 Å². The lowest BCUT2D eigenvalue weighted by Crippen LogP contribution is -2.26. The maximum absolute atomic E-state index is 11.8. The van der Waals surface area contributed by atoms with Gasteiger partial charge >= 0.3 is 0 Å². The third kappa shape index (κ3) is 1.71. The van der Waals surface area contributed by atoms with Crippen molar-refractivity contribution in [3.63, 3.8) is 0 Å². The maximum Gasteiger partial charge on any atom is 0.175 e. The van der Waals surface area contributed by atoms with Crippen LogP contribution >= 0.6 is 0 Å². The molecule has 0 saturated heterocycles. The van der Waals surface area contributed by atoms with Gasteiger partial charge in [-0.15, -0.1) is 0 Å². The molecule has 0 spiro atoms. The molecule has 0 saturated carbocycles. The summed E-state index contributed by atoms with van der Waals surface area (Å²) < 4.78 is 5.52. The lowest BCUT2D eigenvalue weighted by Gasteiger charge is -2.25. The van der Waals surface area contributed by atoms with E-state index in [4.69, 9.17) is 4.74 Å². The Morgan fingerprint density at radius 3 is 2.75 bits per heavy atom. The second-order valence-corrected chi connectivity index (χ2v) is 3.96. The fraction of sp³-hybridized carbons (Fsp3) is 0.417. The number of phenols is 2. The van der Waals surface area contributed by atoms with Crippen LogP contribution in [0.2, 0.25) is 0 Å². The van der Waals surface area contributed by atoms with Gasteiger partial charge < -0.3 is 14.9 Å². The average Bonchev–Trinajstić information content (AvgIpc) is 2.23. The third-order valence-corrected chi connectivity index (χ3v) is 2.70. The molecule has 4 nitrogen and oxygen atoms in total. The lowest BCUT2D eigenvalue weighted by atomic mass is 9.97. The highest BCUT2D eigenvalue weighted by Gasteiger charge is 2.30. The fourth-order valence-corrected chi connectivity index (χ4v) is 1.95. The monoisotopic (exact) mass is 222 g/mol. The molecule has 2 N–H and O–H groups in total. The number of benzene rings is 1. The summed E-state index contributed by atoms with van der Waals surface area (Å²) >= 11 is 0. The number of ether oxygens (including phenoxy) is 1. The first-order valence-electron chi connectivity index (χ1n) is 5.38. The first-order valence-corrected chi connectivity index (χ1v) is 5.38. The van der Waals surface area contributed by atoms with Gasteiger partial charge in [-0.3, -0.25) is 4.79 Å². The molecule has 1 aliphatic rings. The smallest absolute Gasteiger partial charge is 0.175 e. The van der Waals surface area contributed by atoms with Gasteiger partial charge in [0, 0.05) is 6.42 Å². The van der Waals surface area contributed by atoms with E-state index in [0.717, 1.165) is 12.8 Å². The number of ketones is 1. The Hall–Kier alpha value is -1.71. The average molecular weight is 222 g/mol. The van der Waals surface area contributed by atoms with Gasteiger partial charge in [0.05, 0.1) is 0 Å². The van der Waals surface area contributed by atoms with E-state index < -0.39 is 0 Å². The van der Waals surface area contributed by atoms with E-state index in [2.05, 4.69) is 0 Å². The fourth-order valence-electron chi connectivity index (χ4n) is 1.95. The van der Waals surface area contributed by atoms with E-state index in [0.29, 0.717) is 0 Å². The van der Waals surface area contributed by atoms with Crippen LogP contribution in [0, 0.1) is 0 Å². The zero-order valence-electron chi connectivity index (χ0n) is 9.06. The van der Waals surface area contributed by atoms with Crippen LogP contribution in [-0.4, -0.2) is 22.1 Å². The summed E-state index contributed by atoms with van der Waals surface area (Å²) in [5.74, 6) is -0.280. The predicted octanol–water partition coefficient (Wildman–Crippen LogP) is 2.23. The maximum atomic E-state index is 11.8. The summed E-state index contributed by atoms with van der Waals surface area (Å²) in [7, 11) is 0. The number of carbonyl (C=O) groups is 1. The standard InChI is InChI=1S/C12H14O4/c1-2-3-7-6-10(15)11-8(13)4-5-9(14)12(11)16-7/h4-5,7,13-14H,2-3,6H2,1H3/t7-/m0/s1. The van der Waals surface area contributed by atoms with Crippen LogP contribution in [0.3, 0.4) is 0 Å². The number of phenolic OH excluding ortho intramolecular Hbond substituents is 2. The molecule has 0 fully saturated rings. The summed E-state index contributed by atoms with van der Waals surface area (Å²) in [5, 5.41) is 19.2. The largest absolute Gasteiger partial charge is 0.507 e. The van der Waals surface area contributed by atoms with E-state index in [1.54, 1.807) is 0 Å². The molecule has 86 valence electrons. The van der Waals surface area contributed by atoms with Gasteiger partial charge in [-0.1, -0.05) is 13.3 Å². The van der Waals surface area contributed by atoms with Crippen LogP contribution in [0.15, 0.2) is 12.1 Å². The lowest BCUT2D eigenvalue weighted by molar-refractivity contribution is 0.0825. The Morgan fingerprint density at radius 1 is 1.38 bits per heavy atom. The molecule has 2 rings (SSSR count). The minimum absolute atomic E-state index is 0.0954. The van der Waals surface area contributed by atoms with Crippen LogP contribution in [0.5, 0.6) is 17.2 Å². The number of rotatable bonds is 2. The first kappa shape index (κ1) is 10.8. The summed E-state index contributed by atoms with van der Waals surface area (Å²) in [6.45, 7) is 2.01. The SMILES string of the molecule is CCC[C@H]1CC(=O)c2c(O)ccc(O)c2O1. The zero-order chi connectivity index (χ0) is 11.7. The molecule has 0 aromatic heterocycles. The number of carbonyl (C=O) groups excluding carboxylic acids is 1.